The molecule has 1 atom stereocenters. The minimum absolute atomic E-state index is 0.0807. The van der Waals surface area contributed by atoms with E-state index in [1.807, 2.05) is 0 Å². The van der Waals surface area contributed by atoms with Gasteiger partial charge in [-0.15, -0.1) is 0 Å². The first-order valence-electron chi connectivity index (χ1n) is 6.57. The van der Waals surface area contributed by atoms with Gasteiger partial charge in [0.05, 0.1) is 6.61 Å². The standard InChI is InChI=1S/C14H17F4NO/c15-12-3-1-2-10(6-12)11(7-19-13-4-5-13)8-20-9-14(16,17)18/h1-3,6,11,13,19H,4-5,7-9H2. The molecule has 1 unspecified atom stereocenters. The Morgan fingerprint density at radius 3 is 2.65 bits per heavy atom. The number of nitrogens with one attached hydrogen (secondary N) is 1. The van der Waals surface area contributed by atoms with Crippen molar-refractivity contribution in [1.29, 1.82) is 0 Å². The molecule has 112 valence electrons. The lowest BCUT2D eigenvalue weighted by Gasteiger charge is -2.19. The van der Waals surface area contributed by atoms with Crippen molar-refractivity contribution in [1.82, 2.24) is 5.32 Å². The molecule has 1 fully saturated rings. The number of rotatable bonds is 7. The summed E-state index contributed by atoms with van der Waals surface area (Å²) in [6.07, 6.45) is -2.17. The Morgan fingerprint density at radius 2 is 2.05 bits per heavy atom. The van der Waals surface area contributed by atoms with Gasteiger partial charge in [0.2, 0.25) is 0 Å². The second kappa shape index (κ2) is 6.54. The SMILES string of the molecule is Fc1cccc(C(CNC2CC2)COCC(F)(F)F)c1. The van der Waals surface area contributed by atoms with Crippen molar-refractivity contribution in [2.45, 2.75) is 31.0 Å². The van der Waals surface area contributed by atoms with Crippen LogP contribution in [0.1, 0.15) is 24.3 Å². The van der Waals surface area contributed by atoms with Crippen LogP contribution < -0.4 is 5.32 Å². The summed E-state index contributed by atoms with van der Waals surface area (Å²) in [5.41, 5.74) is 0.653. The summed E-state index contributed by atoms with van der Waals surface area (Å²) in [4.78, 5) is 0. The molecule has 0 saturated heterocycles. The van der Waals surface area contributed by atoms with E-state index in [-0.39, 0.29) is 12.5 Å². The van der Waals surface area contributed by atoms with Crippen LogP contribution in [-0.4, -0.2) is 32.0 Å². The molecule has 20 heavy (non-hydrogen) atoms. The quantitative estimate of drug-likeness (QED) is 0.779. The Balaban J connectivity index is 1.92. The Morgan fingerprint density at radius 1 is 1.30 bits per heavy atom. The molecule has 0 bridgehead atoms. The lowest BCUT2D eigenvalue weighted by atomic mass is 10.00. The zero-order valence-electron chi connectivity index (χ0n) is 10.9. The minimum atomic E-state index is -4.34. The third-order valence-corrected chi connectivity index (χ3v) is 3.14. The van der Waals surface area contributed by atoms with E-state index in [0.717, 1.165) is 12.8 Å². The first-order chi connectivity index (χ1) is 9.44. The third kappa shape index (κ3) is 5.46. The second-order valence-electron chi connectivity index (χ2n) is 5.06. The van der Waals surface area contributed by atoms with Crippen molar-refractivity contribution in [2.24, 2.45) is 0 Å². The Kier molecular flexibility index (Phi) is 4.99. The topological polar surface area (TPSA) is 21.3 Å². The van der Waals surface area contributed by atoms with Crippen LogP contribution in [0, 0.1) is 5.82 Å². The fraction of sp³-hybridized carbons (Fsp3) is 0.571. The normalized spacial score (nSPS) is 17.2. The lowest BCUT2D eigenvalue weighted by molar-refractivity contribution is -0.174. The molecule has 2 nitrogen and oxygen atoms in total. The smallest absolute Gasteiger partial charge is 0.371 e. The van der Waals surface area contributed by atoms with Crippen LogP contribution in [0.15, 0.2) is 24.3 Å². The second-order valence-corrected chi connectivity index (χ2v) is 5.06. The fourth-order valence-corrected chi connectivity index (χ4v) is 1.95. The molecule has 1 N–H and O–H groups in total. The van der Waals surface area contributed by atoms with Gasteiger partial charge in [0, 0.05) is 18.5 Å². The van der Waals surface area contributed by atoms with Gasteiger partial charge in [0.25, 0.3) is 0 Å². The van der Waals surface area contributed by atoms with E-state index in [0.29, 0.717) is 18.2 Å². The molecule has 0 amide bonds. The summed E-state index contributed by atoms with van der Waals surface area (Å²) in [5, 5.41) is 3.24. The molecule has 1 aliphatic carbocycles. The van der Waals surface area contributed by atoms with Gasteiger partial charge in [-0.2, -0.15) is 13.2 Å². The van der Waals surface area contributed by atoms with Crippen molar-refractivity contribution >= 4 is 0 Å². The summed E-state index contributed by atoms with van der Waals surface area (Å²) in [5.74, 6) is -0.677. The van der Waals surface area contributed by atoms with Crippen molar-refractivity contribution in [3.63, 3.8) is 0 Å². The van der Waals surface area contributed by atoms with Crippen molar-refractivity contribution in [2.75, 3.05) is 19.8 Å². The number of alkyl halides is 3. The maximum Gasteiger partial charge on any atom is 0.411 e. The van der Waals surface area contributed by atoms with Crippen LogP contribution in [0.2, 0.25) is 0 Å². The molecule has 1 aromatic rings. The average Bonchev–Trinajstić information content (AvgIpc) is 3.16. The van der Waals surface area contributed by atoms with Gasteiger partial charge in [-0.05, 0) is 30.5 Å². The zero-order valence-corrected chi connectivity index (χ0v) is 10.9. The predicted molar refractivity (Wildman–Crippen MR) is 67.0 cm³/mol. The van der Waals surface area contributed by atoms with E-state index >= 15 is 0 Å². The Hall–Kier alpha value is -1.14. The van der Waals surface area contributed by atoms with Crippen LogP contribution in [-0.2, 0) is 4.74 Å². The van der Waals surface area contributed by atoms with Gasteiger partial charge in [-0.25, -0.2) is 4.39 Å². The van der Waals surface area contributed by atoms with Crippen LogP contribution in [0.4, 0.5) is 17.6 Å². The highest BCUT2D eigenvalue weighted by Crippen LogP contribution is 2.23. The van der Waals surface area contributed by atoms with Crippen molar-refractivity contribution < 1.29 is 22.3 Å². The van der Waals surface area contributed by atoms with E-state index in [1.54, 1.807) is 12.1 Å². The molecule has 2 rings (SSSR count). The van der Waals surface area contributed by atoms with E-state index in [1.165, 1.54) is 12.1 Å². The highest BCUT2D eigenvalue weighted by molar-refractivity contribution is 5.21. The average molecular weight is 291 g/mol. The van der Waals surface area contributed by atoms with E-state index in [9.17, 15) is 17.6 Å². The number of ether oxygens (including phenoxy) is 1. The Labute approximate surface area is 115 Å². The number of hydrogen-bond donors (Lipinski definition) is 1. The van der Waals surface area contributed by atoms with Crippen LogP contribution >= 0.6 is 0 Å². The summed E-state index contributed by atoms with van der Waals surface area (Å²) < 4.78 is 54.2. The molecule has 1 aliphatic rings. The lowest BCUT2D eigenvalue weighted by Crippen LogP contribution is -2.28. The van der Waals surface area contributed by atoms with Crippen molar-refractivity contribution in [3.8, 4) is 0 Å². The monoisotopic (exact) mass is 291 g/mol. The number of halogens is 4. The van der Waals surface area contributed by atoms with Gasteiger partial charge < -0.3 is 10.1 Å². The van der Waals surface area contributed by atoms with E-state index in [4.69, 9.17) is 4.74 Å². The minimum Gasteiger partial charge on any atom is -0.371 e. The number of hydrogen-bond acceptors (Lipinski definition) is 2. The summed E-state index contributed by atoms with van der Waals surface area (Å²) in [6, 6.07) is 6.35. The molecular weight excluding hydrogens is 274 g/mol. The van der Waals surface area contributed by atoms with Crippen LogP contribution in [0.5, 0.6) is 0 Å². The first-order valence-corrected chi connectivity index (χ1v) is 6.57. The molecule has 0 aliphatic heterocycles. The molecule has 0 aromatic heterocycles. The highest BCUT2D eigenvalue weighted by Gasteiger charge is 2.28. The van der Waals surface area contributed by atoms with Gasteiger partial charge in [-0.1, -0.05) is 12.1 Å². The van der Waals surface area contributed by atoms with Crippen LogP contribution in [0.3, 0.4) is 0 Å². The fourth-order valence-electron chi connectivity index (χ4n) is 1.95. The zero-order chi connectivity index (χ0) is 14.6. The largest absolute Gasteiger partial charge is 0.411 e. The summed E-state index contributed by atoms with van der Waals surface area (Å²) in [6.45, 7) is -0.864. The molecule has 6 heteroatoms. The maximum absolute atomic E-state index is 13.2. The predicted octanol–water partition coefficient (Wildman–Crippen LogP) is 3.24. The Bertz CT molecular complexity index is 431. The summed E-state index contributed by atoms with van der Waals surface area (Å²) in [7, 11) is 0. The summed E-state index contributed by atoms with van der Waals surface area (Å²) >= 11 is 0. The molecule has 0 radical (unpaired) electrons. The van der Waals surface area contributed by atoms with E-state index in [2.05, 4.69) is 5.32 Å². The van der Waals surface area contributed by atoms with Gasteiger partial charge in [0.15, 0.2) is 0 Å². The molecular formula is C14H17F4NO. The maximum atomic E-state index is 13.2. The molecule has 1 saturated carbocycles. The van der Waals surface area contributed by atoms with Gasteiger partial charge >= 0.3 is 6.18 Å². The third-order valence-electron chi connectivity index (χ3n) is 3.14. The van der Waals surface area contributed by atoms with E-state index < -0.39 is 18.6 Å². The highest BCUT2D eigenvalue weighted by atomic mass is 19.4. The van der Waals surface area contributed by atoms with Gasteiger partial charge in [0.1, 0.15) is 12.4 Å². The molecule has 1 aromatic carbocycles. The first kappa shape index (κ1) is 15.3. The number of benzene rings is 1. The molecule has 0 heterocycles. The van der Waals surface area contributed by atoms with Crippen LogP contribution in [0.25, 0.3) is 0 Å². The van der Waals surface area contributed by atoms with Crippen molar-refractivity contribution in [3.05, 3.63) is 35.6 Å². The van der Waals surface area contributed by atoms with Gasteiger partial charge in [-0.3, -0.25) is 0 Å². The molecule has 0 spiro atoms.